The number of rotatable bonds is 4. The minimum absolute atomic E-state index is 0.0340. The minimum atomic E-state index is -3.79. The van der Waals surface area contributed by atoms with Crippen LogP contribution >= 0.6 is 0 Å². The van der Waals surface area contributed by atoms with Gasteiger partial charge < -0.3 is 10.5 Å². The molecule has 0 amide bonds. The van der Waals surface area contributed by atoms with Gasteiger partial charge in [-0.05, 0) is 32.0 Å². The van der Waals surface area contributed by atoms with Crippen LogP contribution in [-0.2, 0) is 10.0 Å². The molecule has 0 bridgehead atoms. The summed E-state index contributed by atoms with van der Waals surface area (Å²) in [4.78, 5) is -0.0340. The van der Waals surface area contributed by atoms with Crippen molar-refractivity contribution in [3.63, 3.8) is 0 Å². The van der Waals surface area contributed by atoms with Crippen LogP contribution in [-0.4, -0.2) is 21.1 Å². The predicted octanol–water partition coefficient (Wildman–Crippen LogP) is 0.968. The van der Waals surface area contributed by atoms with Crippen LogP contribution in [0.2, 0.25) is 0 Å². The summed E-state index contributed by atoms with van der Waals surface area (Å²) in [5.74, 6) is 2.57. The second-order valence-corrected chi connectivity index (χ2v) is 5.94. The number of methoxy groups -OCH3 is 1. The monoisotopic (exact) mass is 268 g/mol. The molecule has 5 nitrogen and oxygen atoms in total. The van der Waals surface area contributed by atoms with Crippen molar-refractivity contribution in [2.24, 2.45) is 0 Å². The summed E-state index contributed by atoms with van der Waals surface area (Å²) in [6, 6.07) is 4.38. The van der Waals surface area contributed by atoms with E-state index in [1.807, 2.05) is 0 Å². The van der Waals surface area contributed by atoms with Crippen molar-refractivity contribution in [3.8, 4) is 18.1 Å². The molecule has 0 unspecified atom stereocenters. The van der Waals surface area contributed by atoms with Gasteiger partial charge in [0.1, 0.15) is 10.6 Å². The third-order valence-corrected chi connectivity index (χ3v) is 3.90. The fourth-order valence-corrected chi connectivity index (χ4v) is 2.87. The predicted molar refractivity (Wildman–Crippen MR) is 70.6 cm³/mol. The summed E-state index contributed by atoms with van der Waals surface area (Å²) in [5, 5.41) is 0. The van der Waals surface area contributed by atoms with Gasteiger partial charge in [0.05, 0.1) is 12.6 Å². The molecule has 0 radical (unpaired) electrons. The molecule has 0 saturated carbocycles. The van der Waals surface area contributed by atoms with Crippen molar-refractivity contribution in [2.75, 3.05) is 12.8 Å². The van der Waals surface area contributed by atoms with E-state index in [9.17, 15) is 8.42 Å². The zero-order valence-electron chi connectivity index (χ0n) is 10.5. The maximum absolute atomic E-state index is 12.2. The van der Waals surface area contributed by atoms with Crippen LogP contribution in [0.5, 0.6) is 5.75 Å². The van der Waals surface area contributed by atoms with Gasteiger partial charge in [0.15, 0.2) is 0 Å². The Kier molecular flexibility index (Phi) is 3.89. The third kappa shape index (κ3) is 3.15. The standard InChI is InChI=1S/C12H16N2O3S/c1-5-12(2,3)14-18(15,16)11-8-9(13)6-7-10(11)17-4/h1,6-8,14H,13H2,2-4H3. The summed E-state index contributed by atoms with van der Waals surface area (Å²) >= 11 is 0. The average Bonchev–Trinajstić information content (AvgIpc) is 2.28. The van der Waals surface area contributed by atoms with Crippen LogP contribution in [0.15, 0.2) is 23.1 Å². The Bertz CT molecular complexity index is 586. The Labute approximate surface area is 107 Å². The largest absolute Gasteiger partial charge is 0.495 e. The zero-order chi connectivity index (χ0) is 14.0. The van der Waals surface area contributed by atoms with Crippen molar-refractivity contribution in [3.05, 3.63) is 18.2 Å². The molecule has 0 saturated heterocycles. The Morgan fingerprint density at radius 1 is 1.44 bits per heavy atom. The van der Waals surface area contributed by atoms with E-state index < -0.39 is 15.6 Å². The van der Waals surface area contributed by atoms with Crippen LogP contribution in [0.3, 0.4) is 0 Å². The third-order valence-electron chi connectivity index (χ3n) is 2.23. The molecule has 0 heterocycles. The normalized spacial score (nSPS) is 11.9. The van der Waals surface area contributed by atoms with Gasteiger partial charge in [-0.25, -0.2) is 8.42 Å². The quantitative estimate of drug-likeness (QED) is 0.629. The Morgan fingerprint density at radius 2 is 2.06 bits per heavy atom. The molecule has 3 N–H and O–H groups in total. The first-order valence-corrected chi connectivity index (χ1v) is 6.65. The maximum Gasteiger partial charge on any atom is 0.245 e. The van der Waals surface area contributed by atoms with Gasteiger partial charge in [-0.1, -0.05) is 5.92 Å². The average molecular weight is 268 g/mol. The molecule has 0 atom stereocenters. The van der Waals surface area contributed by atoms with E-state index in [1.54, 1.807) is 19.9 Å². The second-order valence-electron chi connectivity index (χ2n) is 4.29. The first kappa shape index (κ1) is 14.4. The first-order valence-electron chi connectivity index (χ1n) is 5.17. The number of anilines is 1. The molecule has 0 aliphatic heterocycles. The van der Waals surface area contributed by atoms with E-state index >= 15 is 0 Å². The lowest BCUT2D eigenvalue weighted by atomic mass is 10.1. The molecule has 6 heteroatoms. The van der Waals surface area contributed by atoms with Gasteiger partial charge in [-0.3, -0.25) is 0 Å². The smallest absolute Gasteiger partial charge is 0.245 e. The van der Waals surface area contributed by atoms with Crippen LogP contribution in [0.4, 0.5) is 5.69 Å². The number of nitrogen functional groups attached to an aromatic ring is 1. The number of terminal acetylenes is 1. The fraction of sp³-hybridized carbons (Fsp3) is 0.333. The molecule has 1 aromatic carbocycles. The van der Waals surface area contributed by atoms with Crippen molar-refractivity contribution in [1.29, 1.82) is 0 Å². The number of benzene rings is 1. The lowest BCUT2D eigenvalue weighted by Gasteiger charge is -2.20. The molecular formula is C12H16N2O3S. The lowest BCUT2D eigenvalue weighted by Crippen LogP contribution is -2.42. The van der Waals surface area contributed by atoms with E-state index in [4.69, 9.17) is 16.9 Å². The van der Waals surface area contributed by atoms with E-state index in [-0.39, 0.29) is 10.6 Å². The topological polar surface area (TPSA) is 81.4 Å². The number of hydrogen-bond donors (Lipinski definition) is 2. The van der Waals surface area contributed by atoms with Crippen LogP contribution < -0.4 is 15.2 Å². The SMILES string of the molecule is C#CC(C)(C)NS(=O)(=O)c1cc(N)ccc1OC. The highest BCUT2D eigenvalue weighted by Crippen LogP contribution is 2.26. The summed E-state index contributed by atoms with van der Waals surface area (Å²) in [6.07, 6.45) is 5.26. The van der Waals surface area contributed by atoms with E-state index in [1.165, 1.54) is 19.2 Å². The molecule has 98 valence electrons. The van der Waals surface area contributed by atoms with Crippen molar-refractivity contribution in [2.45, 2.75) is 24.3 Å². The molecule has 18 heavy (non-hydrogen) atoms. The van der Waals surface area contributed by atoms with Crippen LogP contribution in [0.25, 0.3) is 0 Å². The van der Waals surface area contributed by atoms with E-state index in [0.717, 1.165) is 0 Å². The molecule has 0 aromatic heterocycles. The highest BCUT2D eigenvalue weighted by Gasteiger charge is 2.27. The summed E-state index contributed by atoms with van der Waals surface area (Å²) < 4.78 is 31.8. The van der Waals surface area contributed by atoms with Crippen molar-refractivity contribution >= 4 is 15.7 Å². The number of nitrogens with one attached hydrogen (secondary N) is 1. The highest BCUT2D eigenvalue weighted by atomic mass is 32.2. The minimum Gasteiger partial charge on any atom is -0.495 e. The maximum atomic E-state index is 12.2. The Balaban J connectivity index is 3.29. The highest BCUT2D eigenvalue weighted by molar-refractivity contribution is 7.89. The first-order chi connectivity index (χ1) is 8.22. The van der Waals surface area contributed by atoms with Gasteiger partial charge in [0.25, 0.3) is 0 Å². The summed E-state index contributed by atoms with van der Waals surface area (Å²) in [7, 11) is -2.41. The Morgan fingerprint density at radius 3 is 2.56 bits per heavy atom. The van der Waals surface area contributed by atoms with Gasteiger partial charge in [0, 0.05) is 5.69 Å². The molecule has 0 fully saturated rings. The van der Waals surface area contributed by atoms with Crippen LogP contribution in [0, 0.1) is 12.3 Å². The lowest BCUT2D eigenvalue weighted by molar-refractivity contribution is 0.402. The molecular weight excluding hydrogens is 252 g/mol. The molecule has 0 spiro atoms. The fourth-order valence-electron chi connectivity index (χ4n) is 1.32. The summed E-state index contributed by atoms with van der Waals surface area (Å²) in [5.41, 5.74) is 4.92. The van der Waals surface area contributed by atoms with Crippen LogP contribution in [0.1, 0.15) is 13.8 Å². The second kappa shape index (κ2) is 4.88. The van der Waals surface area contributed by atoms with Gasteiger partial charge in [0.2, 0.25) is 10.0 Å². The molecule has 0 aliphatic carbocycles. The van der Waals surface area contributed by atoms with E-state index in [0.29, 0.717) is 5.69 Å². The molecule has 1 rings (SSSR count). The van der Waals surface area contributed by atoms with Gasteiger partial charge in [-0.15, -0.1) is 6.42 Å². The number of sulfonamides is 1. The van der Waals surface area contributed by atoms with E-state index in [2.05, 4.69) is 10.6 Å². The number of nitrogens with two attached hydrogens (primary N) is 1. The Hall–Kier alpha value is -1.71. The van der Waals surface area contributed by atoms with Gasteiger partial charge >= 0.3 is 0 Å². The zero-order valence-corrected chi connectivity index (χ0v) is 11.3. The molecule has 1 aromatic rings. The molecule has 0 aliphatic rings. The number of ether oxygens (including phenoxy) is 1. The van der Waals surface area contributed by atoms with Crippen molar-refractivity contribution < 1.29 is 13.2 Å². The van der Waals surface area contributed by atoms with Gasteiger partial charge in [-0.2, -0.15) is 4.72 Å². The van der Waals surface area contributed by atoms with Crippen molar-refractivity contribution in [1.82, 2.24) is 4.72 Å². The number of hydrogen-bond acceptors (Lipinski definition) is 4. The summed E-state index contributed by atoms with van der Waals surface area (Å²) in [6.45, 7) is 3.17.